The number of nitrogens with zero attached hydrogens (tertiary/aromatic N) is 1. The number of rotatable bonds is 3. The number of piperidine rings is 1. The van der Waals surface area contributed by atoms with Gasteiger partial charge in [-0.25, -0.2) is 0 Å². The van der Waals surface area contributed by atoms with E-state index in [2.05, 4.69) is 14.8 Å². The normalized spacial score (nSPS) is 20.0. The molecule has 2 aliphatic rings. The number of alkyl halides is 2. The maximum atomic E-state index is 12.9. The van der Waals surface area contributed by atoms with Crippen molar-refractivity contribution < 1.29 is 23.0 Å². The molecule has 2 aliphatic heterocycles. The third kappa shape index (κ3) is 4.43. The largest absolute Gasteiger partial charge is 0.586 e. The van der Waals surface area contributed by atoms with Gasteiger partial charge in [-0.1, -0.05) is 0 Å². The van der Waals surface area contributed by atoms with Crippen molar-refractivity contribution in [1.82, 2.24) is 4.90 Å². The van der Waals surface area contributed by atoms with Gasteiger partial charge in [0.25, 0.3) is 0 Å². The first-order valence-electron chi connectivity index (χ1n) is 7.09. The highest BCUT2D eigenvalue weighted by atomic mass is 35.5. The Hall–Kier alpha value is -1.64. The molecule has 0 spiro atoms. The Morgan fingerprint density at radius 2 is 1.96 bits per heavy atom. The van der Waals surface area contributed by atoms with Crippen molar-refractivity contribution in [2.24, 2.45) is 5.73 Å². The predicted molar refractivity (Wildman–Crippen MR) is 82.2 cm³/mol. The Bertz CT molecular complexity index is 580. The summed E-state index contributed by atoms with van der Waals surface area (Å²) in [7, 11) is 0. The lowest BCUT2D eigenvalue weighted by atomic mass is 10.1. The molecule has 6 nitrogen and oxygen atoms in total. The third-order valence-electron chi connectivity index (χ3n) is 3.68. The highest BCUT2D eigenvalue weighted by Gasteiger charge is 2.43. The summed E-state index contributed by atoms with van der Waals surface area (Å²) in [5.74, 6) is -0.346. The molecule has 9 heteroatoms. The smallest absolute Gasteiger partial charge is 0.395 e. The number of carbonyl (C=O) groups excluding carboxylic acids is 1. The lowest BCUT2D eigenvalue weighted by molar-refractivity contribution is -0.286. The van der Waals surface area contributed by atoms with Gasteiger partial charge < -0.3 is 20.5 Å². The summed E-state index contributed by atoms with van der Waals surface area (Å²) in [6.07, 6.45) is -1.92. The van der Waals surface area contributed by atoms with E-state index in [0.29, 0.717) is 5.69 Å². The molecule has 0 aromatic heterocycles. The fourth-order valence-corrected chi connectivity index (χ4v) is 2.54. The van der Waals surface area contributed by atoms with Crippen molar-refractivity contribution in [1.29, 1.82) is 0 Å². The molecule has 3 N–H and O–H groups in total. The second-order valence-corrected chi connectivity index (χ2v) is 5.49. The van der Waals surface area contributed by atoms with Crippen LogP contribution in [0.3, 0.4) is 0 Å². The van der Waals surface area contributed by atoms with Crippen LogP contribution in [0, 0.1) is 0 Å². The Morgan fingerprint density at radius 3 is 2.65 bits per heavy atom. The fraction of sp³-hybridized carbons (Fsp3) is 0.500. The van der Waals surface area contributed by atoms with Crippen LogP contribution in [0.25, 0.3) is 0 Å². The number of fused-ring (bicyclic) bond motifs is 1. The van der Waals surface area contributed by atoms with Gasteiger partial charge in [-0.15, -0.1) is 21.2 Å². The molecular formula is C14H18ClF2N3O3. The Balaban J connectivity index is 0.00000192. The number of anilines is 1. The van der Waals surface area contributed by atoms with Gasteiger partial charge in [0, 0.05) is 30.9 Å². The molecule has 1 amide bonds. The summed E-state index contributed by atoms with van der Waals surface area (Å²) in [6.45, 7) is 1.81. The first-order chi connectivity index (χ1) is 10.4. The lowest BCUT2D eigenvalue weighted by Crippen LogP contribution is -2.43. The number of amides is 1. The lowest BCUT2D eigenvalue weighted by Gasteiger charge is -2.29. The van der Waals surface area contributed by atoms with Crippen LogP contribution >= 0.6 is 12.4 Å². The number of carbonyl (C=O) groups is 1. The van der Waals surface area contributed by atoms with Crippen molar-refractivity contribution in [2.75, 3.05) is 25.0 Å². The van der Waals surface area contributed by atoms with E-state index < -0.39 is 6.29 Å². The van der Waals surface area contributed by atoms with E-state index in [1.54, 1.807) is 0 Å². The molecule has 1 aromatic rings. The summed E-state index contributed by atoms with van der Waals surface area (Å²) in [5.41, 5.74) is 6.20. The summed E-state index contributed by atoms with van der Waals surface area (Å²) < 4.78 is 34.5. The molecule has 1 fully saturated rings. The molecule has 0 bridgehead atoms. The van der Waals surface area contributed by atoms with Crippen LogP contribution in [-0.2, 0) is 4.79 Å². The van der Waals surface area contributed by atoms with E-state index in [9.17, 15) is 13.6 Å². The minimum Gasteiger partial charge on any atom is -0.395 e. The Labute approximate surface area is 138 Å². The van der Waals surface area contributed by atoms with Crippen molar-refractivity contribution in [3.8, 4) is 11.5 Å². The van der Waals surface area contributed by atoms with Crippen molar-refractivity contribution in [3.63, 3.8) is 0 Å². The summed E-state index contributed by atoms with van der Waals surface area (Å²) in [6, 6.07) is 4.36. The Kier molecular flexibility index (Phi) is 5.28. The van der Waals surface area contributed by atoms with Crippen LogP contribution in [0.2, 0.25) is 0 Å². The van der Waals surface area contributed by atoms with Gasteiger partial charge in [0.15, 0.2) is 11.5 Å². The number of hydrogen-bond acceptors (Lipinski definition) is 5. The summed E-state index contributed by atoms with van der Waals surface area (Å²) >= 11 is 0. The van der Waals surface area contributed by atoms with Crippen LogP contribution < -0.4 is 20.5 Å². The van der Waals surface area contributed by atoms with Gasteiger partial charge in [-0.3, -0.25) is 9.69 Å². The predicted octanol–water partition coefficient (Wildman–Crippen LogP) is 1.79. The monoisotopic (exact) mass is 349 g/mol. The summed E-state index contributed by atoms with van der Waals surface area (Å²) in [4.78, 5) is 14.0. The summed E-state index contributed by atoms with van der Waals surface area (Å²) in [5, 5.41) is 2.67. The first-order valence-corrected chi connectivity index (χ1v) is 7.09. The number of benzene rings is 1. The second-order valence-electron chi connectivity index (χ2n) is 5.49. The van der Waals surface area contributed by atoms with Crippen LogP contribution in [-0.4, -0.2) is 42.8 Å². The standard InChI is InChI=1S/C14H17F2N3O3.ClH/c15-14(16)21-11-2-1-10(7-12(11)22-14)18-13(20)8-19-5-3-9(17)4-6-19;/h1-2,7,9H,3-6,8,17H2,(H,18,20);1H. The van der Waals surface area contributed by atoms with E-state index in [0.717, 1.165) is 25.9 Å². The number of ether oxygens (including phenoxy) is 2. The molecule has 0 aliphatic carbocycles. The van der Waals surface area contributed by atoms with Crippen LogP contribution in [0.5, 0.6) is 11.5 Å². The molecule has 1 aromatic carbocycles. The van der Waals surface area contributed by atoms with E-state index in [-0.39, 0.29) is 42.4 Å². The molecule has 0 radical (unpaired) electrons. The van der Waals surface area contributed by atoms with Gasteiger partial charge in [-0.2, -0.15) is 0 Å². The quantitative estimate of drug-likeness (QED) is 0.870. The van der Waals surface area contributed by atoms with Crippen molar-refractivity contribution in [2.45, 2.75) is 25.2 Å². The molecule has 0 atom stereocenters. The van der Waals surface area contributed by atoms with E-state index >= 15 is 0 Å². The van der Waals surface area contributed by atoms with E-state index in [4.69, 9.17) is 5.73 Å². The molecular weight excluding hydrogens is 332 g/mol. The van der Waals surface area contributed by atoms with Crippen LogP contribution in [0.4, 0.5) is 14.5 Å². The van der Waals surface area contributed by atoms with Crippen molar-refractivity contribution >= 4 is 24.0 Å². The number of nitrogens with two attached hydrogens (primary N) is 1. The molecule has 3 rings (SSSR count). The van der Waals surface area contributed by atoms with E-state index in [1.807, 2.05) is 4.90 Å². The SMILES string of the molecule is Cl.NC1CCN(CC(=O)Nc2ccc3c(c2)OC(F)(F)O3)CC1. The van der Waals surface area contributed by atoms with Gasteiger partial charge in [-0.05, 0) is 25.0 Å². The average Bonchev–Trinajstić information content (AvgIpc) is 2.74. The zero-order valence-corrected chi connectivity index (χ0v) is 13.1. The molecule has 128 valence electrons. The number of likely N-dealkylation sites (tertiary alicyclic amines) is 1. The average molecular weight is 350 g/mol. The van der Waals surface area contributed by atoms with Gasteiger partial charge in [0.05, 0.1) is 6.54 Å². The zero-order chi connectivity index (χ0) is 15.7. The fourth-order valence-electron chi connectivity index (χ4n) is 2.54. The number of halogens is 3. The topological polar surface area (TPSA) is 76.8 Å². The first kappa shape index (κ1) is 17.7. The molecule has 23 heavy (non-hydrogen) atoms. The molecule has 1 saturated heterocycles. The van der Waals surface area contributed by atoms with Crippen LogP contribution in [0.1, 0.15) is 12.8 Å². The second kappa shape index (κ2) is 6.86. The highest BCUT2D eigenvalue weighted by Crippen LogP contribution is 2.42. The number of nitrogens with one attached hydrogen (secondary N) is 1. The van der Waals surface area contributed by atoms with E-state index in [1.165, 1.54) is 18.2 Å². The molecule has 2 heterocycles. The van der Waals surface area contributed by atoms with Gasteiger partial charge in [0.1, 0.15) is 0 Å². The zero-order valence-electron chi connectivity index (χ0n) is 12.3. The minimum absolute atomic E-state index is 0. The maximum absolute atomic E-state index is 12.9. The molecule has 0 unspecified atom stereocenters. The minimum atomic E-state index is -3.66. The Morgan fingerprint density at radius 1 is 1.30 bits per heavy atom. The maximum Gasteiger partial charge on any atom is 0.586 e. The van der Waals surface area contributed by atoms with Gasteiger partial charge >= 0.3 is 6.29 Å². The van der Waals surface area contributed by atoms with Crippen molar-refractivity contribution in [3.05, 3.63) is 18.2 Å². The molecule has 0 saturated carbocycles. The van der Waals surface area contributed by atoms with Crippen LogP contribution in [0.15, 0.2) is 18.2 Å². The number of hydrogen-bond donors (Lipinski definition) is 2. The highest BCUT2D eigenvalue weighted by molar-refractivity contribution is 5.92. The van der Waals surface area contributed by atoms with Gasteiger partial charge in [0.2, 0.25) is 5.91 Å². The third-order valence-corrected chi connectivity index (χ3v) is 3.68.